The predicted molar refractivity (Wildman–Crippen MR) is 90.6 cm³/mol. The number of rotatable bonds is 5. The van der Waals surface area contributed by atoms with Gasteiger partial charge in [-0.2, -0.15) is 4.68 Å². The number of para-hydroxylation sites is 1. The summed E-state index contributed by atoms with van der Waals surface area (Å²) in [7, 11) is 1.59. The topological polar surface area (TPSA) is 96.4 Å². The number of carbonyl (C=O) groups excluding carboxylic acids is 2. The van der Waals surface area contributed by atoms with Gasteiger partial charge >= 0.3 is 12.0 Å². The molecule has 0 aliphatic carbocycles. The molecule has 0 radical (unpaired) electrons. The van der Waals surface area contributed by atoms with E-state index in [-0.39, 0.29) is 18.8 Å². The normalized spacial score (nSPS) is 10.3. The molecule has 1 amide bonds. The number of hydrogen-bond donors (Lipinski definition) is 2. The molecule has 0 unspecified atom stereocenters. The Morgan fingerprint density at radius 1 is 1.29 bits per heavy atom. The van der Waals surface area contributed by atoms with Crippen LogP contribution in [0.2, 0.25) is 0 Å². The van der Waals surface area contributed by atoms with Crippen molar-refractivity contribution in [2.24, 2.45) is 0 Å². The Morgan fingerprint density at radius 3 is 2.58 bits per heavy atom. The van der Waals surface area contributed by atoms with E-state index in [1.807, 2.05) is 6.07 Å². The van der Waals surface area contributed by atoms with Crippen molar-refractivity contribution in [3.8, 4) is 0 Å². The number of aryl methyl sites for hydroxylation is 1. The summed E-state index contributed by atoms with van der Waals surface area (Å²) in [5.41, 5.74) is 0.761. The zero-order chi connectivity index (χ0) is 17.7. The summed E-state index contributed by atoms with van der Waals surface area (Å²) >= 11 is 0. The highest BCUT2D eigenvalue weighted by molar-refractivity contribution is 5.91. The first-order valence-corrected chi connectivity index (χ1v) is 7.48. The number of benzene rings is 1. The van der Waals surface area contributed by atoms with Gasteiger partial charge in [-0.05, 0) is 26.0 Å². The number of anilines is 2. The Bertz CT molecular complexity index is 779. The van der Waals surface area contributed by atoms with Crippen LogP contribution in [-0.2, 0) is 9.53 Å². The summed E-state index contributed by atoms with van der Waals surface area (Å²) in [6.45, 7) is 3.55. The zero-order valence-corrected chi connectivity index (χ0v) is 13.8. The van der Waals surface area contributed by atoms with Gasteiger partial charge in [-0.3, -0.25) is 14.7 Å². The van der Waals surface area contributed by atoms with Crippen LogP contribution in [0.4, 0.5) is 16.2 Å². The average molecular weight is 332 g/mol. The number of likely N-dealkylation sites (N-methyl/N-ethyl adjacent to an activating group) is 1. The number of aromatic nitrogens is 2. The van der Waals surface area contributed by atoms with E-state index >= 15 is 0 Å². The van der Waals surface area contributed by atoms with Crippen molar-refractivity contribution in [3.05, 3.63) is 46.4 Å². The van der Waals surface area contributed by atoms with E-state index in [9.17, 15) is 14.4 Å². The molecule has 0 spiro atoms. The van der Waals surface area contributed by atoms with Crippen LogP contribution < -0.4 is 15.8 Å². The molecule has 1 heterocycles. The SMILES string of the molecule is CCOC(=O)CN(C)c1c(C)[nH]n(C(=O)Nc2ccccc2)c1=O. The minimum absolute atomic E-state index is 0.0813. The van der Waals surface area contributed by atoms with Crippen LogP contribution in [0.15, 0.2) is 35.1 Å². The summed E-state index contributed by atoms with van der Waals surface area (Å²) in [5, 5.41) is 5.34. The molecule has 2 rings (SSSR count). The molecule has 0 bridgehead atoms. The van der Waals surface area contributed by atoms with E-state index in [1.165, 1.54) is 4.90 Å². The Hall–Kier alpha value is -3.03. The second kappa shape index (κ2) is 7.49. The molecular weight excluding hydrogens is 312 g/mol. The van der Waals surface area contributed by atoms with E-state index in [2.05, 4.69) is 10.4 Å². The number of carbonyl (C=O) groups is 2. The van der Waals surface area contributed by atoms with Crippen LogP contribution in [0.5, 0.6) is 0 Å². The van der Waals surface area contributed by atoms with Gasteiger partial charge in [-0.15, -0.1) is 0 Å². The second-order valence-electron chi connectivity index (χ2n) is 5.18. The average Bonchev–Trinajstić information content (AvgIpc) is 2.83. The fraction of sp³-hybridized carbons (Fsp3) is 0.312. The van der Waals surface area contributed by atoms with Crippen molar-refractivity contribution in [1.29, 1.82) is 0 Å². The minimum atomic E-state index is -0.606. The van der Waals surface area contributed by atoms with Crippen molar-refractivity contribution < 1.29 is 14.3 Å². The first kappa shape index (κ1) is 17.3. The number of amides is 1. The summed E-state index contributed by atoms with van der Waals surface area (Å²) < 4.78 is 5.74. The van der Waals surface area contributed by atoms with Crippen molar-refractivity contribution in [2.45, 2.75) is 13.8 Å². The summed E-state index contributed by atoms with van der Waals surface area (Å²) in [6.07, 6.45) is 0. The van der Waals surface area contributed by atoms with Crippen LogP contribution in [0.25, 0.3) is 0 Å². The predicted octanol–water partition coefficient (Wildman–Crippen LogP) is 1.56. The van der Waals surface area contributed by atoms with E-state index in [0.717, 1.165) is 4.68 Å². The molecule has 0 atom stereocenters. The van der Waals surface area contributed by atoms with Crippen LogP contribution >= 0.6 is 0 Å². The van der Waals surface area contributed by atoms with Gasteiger partial charge in [0.2, 0.25) is 0 Å². The lowest BCUT2D eigenvalue weighted by Gasteiger charge is -2.15. The second-order valence-corrected chi connectivity index (χ2v) is 5.18. The van der Waals surface area contributed by atoms with E-state index in [1.54, 1.807) is 45.2 Å². The molecule has 24 heavy (non-hydrogen) atoms. The largest absolute Gasteiger partial charge is 0.465 e. The van der Waals surface area contributed by atoms with Crippen LogP contribution in [0.3, 0.4) is 0 Å². The summed E-state index contributed by atoms with van der Waals surface area (Å²) in [5.74, 6) is -0.444. The number of ether oxygens (including phenoxy) is 1. The molecule has 128 valence electrons. The van der Waals surface area contributed by atoms with Crippen molar-refractivity contribution in [2.75, 3.05) is 30.4 Å². The Morgan fingerprint density at radius 2 is 1.96 bits per heavy atom. The summed E-state index contributed by atoms with van der Waals surface area (Å²) in [4.78, 5) is 37.8. The van der Waals surface area contributed by atoms with E-state index in [0.29, 0.717) is 11.4 Å². The van der Waals surface area contributed by atoms with Crippen molar-refractivity contribution in [3.63, 3.8) is 0 Å². The van der Waals surface area contributed by atoms with Gasteiger partial charge < -0.3 is 15.0 Å². The molecule has 1 aromatic heterocycles. The minimum Gasteiger partial charge on any atom is -0.465 e. The maximum absolute atomic E-state index is 12.5. The molecule has 0 aliphatic heterocycles. The first-order valence-electron chi connectivity index (χ1n) is 7.48. The molecule has 2 N–H and O–H groups in total. The van der Waals surface area contributed by atoms with E-state index in [4.69, 9.17) is 4.74 Å². The summed E-state index contributed by atoms with van der Waals surface area (Å²) in [6, 6.07) is 8.20. The van der Waals surface area contributed by atoms with E-state index < -0.39 is 17.6 Å². The Balaban J connectivity index is 2.20. The molecular formula is C16H20N4O4. The highest BCUT2D eigenvalue weighted by Crippen LogP contribution is 2.12. The number of H-pyrrole nitrogens is 1. The number of hydrogen-bond acceptors (Lipinski definition) is 5. The first-order chi connectivity index (χ1) is 11.4. The van der Waals surface area contributed by atoms with Gasteiger partial charge in [0, 0.05) is 12.7 Å². The standard InChI is InChI=1S/C16H20N4O4/c1-4-24-13(21)10-19(3)14-11(2)18-20(15(14)22)16(23)17-12-8-6-5-7-9-12/h5-9,18H,4,10H2,1-3H3,(H,17,23). The maximum atomic E-state index is 12.5. The number of esters is 1. The Labute approximate surface area is 139 Å². The lowest BCUT2D eigenvalue weighted by atomic mass is 10.3. The number of aromatic amines is 1. The highest BCUT2D eigenvalue weighted by Gasteiger charge is 2.21. The molecule has 0 fully saturated rings. The Kier molecular flexibility index (Phi) is 5.41. The molecule has 2 aromatic rings. The van der Waals surface area contributed by atoms with Crippen molar-refractivity contribution in [1.82, 2.24) is 9.78 Å². The fourth-order valence-electron chi connectivity index (χ4n) is 2.31. The fourth-order valence-corrected chi connectivity index (χ4v) is 2.31. The van der Waals surface area contributed by atoms with Crippen molar-refractivity contribution >= 4 is 23.4 Å². The van der Waals surface area contributed by atoms with Crippen LogP contribution in [-0.4, -0.2) is 42.0 Å². The molecule has 0 saturated heterocycles. The maximum Gasteiger partial charge on any atom is 0.348 e. The molecule has 0 aliphatic rings. The third-order valence-electron chi connectivity index (χ3n) is 3.32. The number of nitrogens with one attached hydrogen (secondary N) is 2. The van der Waals surface area contributed by atoms with Crippen LogP contribution in [0.1, 0.15) is 12.6 Å². The lowest BCUT2D eigenvalue weighted by molar-refractivity contribution is -0.141. The highest BCUT2D eigenvalue weighted by atomic mass is 16.5. The molecule has 8 nitrogen and oxygen atoms in total. The van der Waals surface area contributed by atoms with Gasteiger partial charge in [0.25, 0.3) is 5.56 Å². The molecule has 8 heteroatoms. The number of nitrogens with zero attached hydrogens (tertiary/aromatic N) is 2. The van der Waals surface area contributed by atoms with Gasteiger partial charge in [0.15, 0.2) is 0 Å². The quantitative estimate of drug-likeness (QED) is 0.810. The monoisotopic (exact) mass is 332 g/mol. The third-order valence-corrected chi connectivity index (χ3v) is 3.32. The molecule has 1 aromatic carbocycles. The molecule has 0 saturated carbocycles. The lowest BCUT2D eigenvalue weighted by Crippen LogP contribution is -2.34. The third kappa shape index (κ3) is 3.83. The van der Waals surface area contributed by atoms with Gasteiger partial charge in [-0.1, -0.05) is 18.2 Å². The van der Waals surface area contributed by atoms with Gasteiger partial charge in [-0.25, -0.2) is 4.79 Å². The smallest absolute Gasteiger partial charge is 0.348 e. The van der Waals surface area contributed by atoms with Gasteiger partial charge in [0.05, 0.1) is 12.3 Å². The van der Waals surface area contributed by atoms with Gasteiger partial charge in [0.1, 0.15) is 12.2 Å². The zero-order valence-electron chi connectivity index (χ0n) is 13.8. The van der Waals surface area contributed by atoms with Crippen LogP contribution in [0, 0.1) is 6.92 Å².